The first kappa shape index (κ1) is 15.2. The first-order valence-corrected chi connectivity index (χ1v) is 7.84. The Labute approximate surface area is 122 Å². The summed E-state index contributed by atoms with van der Waals surface area (Å²) in [5, 5.41) is 19.2. The molecule has 0 saturated carbocycles. The minimum absolute atomic E-state index is 0.0251. The molecule has 0 atom stereocenters. The summed E-state index contributed by atoms with van der Waals surface area (Å²) in [6.07, 6.45) is 2.28. The molecule has 0 saturated heterocycles. The number of phenolic OH excluding ortho intramolecular Hbond substituents is 1. The smallest absolute Gasteiger partial charge is 0.330 e. The van der Waals surface area contributed by atoms with Crippen LogP contribution in [0, 0.1) is 0 Å². The fraction of sp³-hybridized carbons (Fsp3) is 0.308. The van der Waals surface area contributed by atoms with Crippen LogP contribution in [0.3, 0.4) is 0 Å². The monoisotopic (exact) mass is 312 g/mol. The van der Waals surface area contributed by atoms with Gasteiger partial charge in [-0.25, -0.2) is 9.03 Å². The number of aromatic hydroxyl groups is 1. The summed E-state index contributed by atoms with van der Waals surface area (Å²) >= 11 is 0. The Balaban J connectivity index is 2.22. The molecule has 0 spiro atoms. The number of aryl methyl sites for hydroxylation is 1. The molecule has 1 aromatic rings. The number of anilines is 1. The molecule has 0 amide bonds. The van der Waals surface area contributed by atoms with Crippen LogP contribution in [0.25, 0.3) is 0 Å². The van der Waals surface area contributed by atoms with E-state index >= 15 is 0 Å². The van der Waals surface area contributed by atoms with Crippen molar-refractivity contribution in [3.8, 4) is 5.75 Å². The van der Waals surface area contributed by atoms with Crippen LogP contribution in [0.2, 0.25) is 0 Å². The highest BCUT2D eigenvalue weighted by atomic mass is 32.2. The third kappa shape index (κ3) is 3.27. The number of nitrogens with zero attached hydrogens (tertiary/aromatic N) is 1. The van der Waals surface area contributed by atoms with Crippen LogP contribution in [0.1, 0.15) is 25.3 Å². The second-order valence-corrected chi connectivity index (χ2v) is 6.18. The fourth-order valence-corrected chi connectivity index (χ4v) is 3.03. The Morgan fingerprint density at radius 2 is 2.05 bits per heavy atom. The largest absolute Gasteiger partial charge is 0.506 e. The number of Topliss-reactive ketones (excluding diaryl/α,β-unsaturated/α-hetero) is 1. The number of benzene rings is 1. The zero-order chi connectivity index (χ0) is 15.6. The zero-order valence-electron chi connectivity index (χ0n) is 11.4. The lowest BCUT2D eigenvalue weighted by Gasteiger charge is -2.16. The van der Waals surface area contributed by atoms with E-state index in [2.05, 4.69) is 0 Å². The van der Waals surface area contributed by atoms with Crippen LogP contribution in [-0.4, -0.2) is 24.4 Å². The van der Waals surface area contributed by atoms with E-state index in [0.717, 1.165) is 16.1 Å². The molecule has 1 aliphatic rings. The molecule has 0 aliphatic carbocycles. The average molecular weight is 312 g/mol. The molecule has 0 unspecified atom stereocenters. The van der Waals surface area contributed by atoms with Gasteiger partial charge in [-0.1, -0.05) is 13.0 Å². The zero-order valence-corrected chi connectivity index (χ0v) is 12.2. The minimum atomic E-state index is -3.93. The lowest BCUT2D eigenvalue weighted by atomic mass is 10.1. The number of carbonyl (C=O) groups is 1. The number of rotatable bonds is 5. The van der Waals surface area contributed by atoms with E-state index in [1.54, 1.807) is 13.0 Å². The van der Waals surface area contributed by atoms with E-state index in [4.69, 9.17) is 0 Å². The van der Waals surface area contributed by atoms with Crippen molar-refractivity contribution in [2.24, 2.45) is 0 Å². The van der Waals surface area contributed by atoms with Gasteiger partial charge in [0.15, 0.2) is 0 Å². The van der Waals surface area contributed by atoms with Crippen molar-refractivity contribution in [1.82, 2.24) is 4.72 Å². The predicted octanol–water partition coefficient (Wildman–Crippen LogP) is 1.32. The van der Waals surface area contributed by atoms with Crippen molar-refractivity contribution >= 4 is 21.7 Å². The van der Waals surface area contributed by atoms with Gasteiger partial charge in [-0.05, 0) is 24.1 Å². The standard InChI is InChI=1S/C13H16N2O5S/c1-2-10(16)5-3-9-4-6-11(12(17)7-9)15-8-13(18)14-21(15,19)20/h4,6-8,14,17-18H,2-3,5H2,1H3. The molecule has 21 heavy (non-hydrogen) atoms. The summed E-state index contributed by atoms with van der Waals surface area (Å²) in [4.78, 5) is 11.3. The summed E-state index contributed by atoms with van der Waals surface area (Å²) in [6.45, 7) is 1.78. The van der Waals surface area contributed by atoms with Gasteiger partial charge >= 0.3 is 10.2 Å². The number of aliphatic hydroxyl groups is 1. The number of hydrogen-bond acceptors (Lipinski definition) is 5. The van der Waals surface area contributed by atoms with Crippen LogP contribution in [0.4, 0.5) is 5.69 Å². The van der Waals surface area contributed by atoms with Gasteiger partial charge in [0.2, 0.25) is 5.88 Å². The SMILES string of the molecule is CCC(=O)CCc1ccc(N2C=C(O)NS2(=O)=O)c(O)c1. The molecule has 0 aromatic heterocycles. The number of carbonyl (C=O) groups excluding carboxylic acids is 1. The Hall–Kier alpha value is -2.22. The molecule has 1 aliphatic heterocycles. The molecule has 0 bridgehead atoms. The van der Waals surface area contributed by atoms with Crippen molar-refractivity contribution in [1.29, 1.82) is 0 Å². The van der Waals surface area contributed by atoms with Gasteiger partial charge in [-0.3, -0.25) is 4.79 Å². The van der Waals surface area contributed by atoms with E-state index < -0.39 is 16.1 Å². The molecular weight excluding hydrogens is 296 g/mol. The maximum absolute atomic E-state index is 11.7. The van der Waals surface area contributed by atoms with Gasteiger partial charge in [-0.2, -0.15) is 8.42 Å². The highest BCUT2D eigenvalue weighted by Gasteiger charge is 2.30. The van der Waals surface area contributed by atoms with E-state index in [1.165, 1.54) is 12.1 Å². The first-order chi connectivity index (χ1) is 9.83. The van der Waals surface area contributed by atoms with Gasteiger partial charge in [0, 0.05) is 12.8 Å². The number of ketones is 1. The molecule has 2 rings (SSSR count). The first-order valence-electron chi connectivity index (χ1n) is 6.40. The van der Waals surface area contributed by atoms with E-state index in [9.17, 15) is 23.4 Å². The molecule has 7 nitrogen and oxygen atoms in total. The Kier molecular flexibility index (Phi) is 4.08. The molecule has 114 valence electrons. The predicted molar refractivity (Wildman–Crippen MR) is 77.0 cm³/mol. The van der Waals surface area contributed by atoms with E-state index in [0.29, 0.717) is 19.3 Å². The molecule has 0 fully saturated rings. The Bertz CT molecular complexity index is 697. The molecule has 1 heterocycles. The maximum atomic E-state index is 11.7. The van der Waals surface area contributed by atoms with Crippen molar-refractivity contribution in [3.63, 3.8) is 0 Å². The summed E-state index contributed by atoms with van der Waals surface area (Å²) in [6, 6.07) is 4.48. The molecule has 1 aromatic carbocycles. The van der Waals surface area contributed by atoms with Crippen LogP contribution >= 0.6 is 0 Å². The van der Waals surface area contributed by atoms with Gasteiger partial charge in [0.1, 0.15) is 17.2 Å². The van der Waals surface area contributed by atoms with Gasteiger partial charge < -0.3 is 10.2 Å². The molecule has 0 radical (unpaired) electrons. The van der Waals surface area contributed by atoms with Gasteiger partial charge in [-0.15, -0.1) is 0 Å². The van der Waals surface area contributed by atoms with Crippen molar-refractivity contribution < 1.29 is 23.4 Å². The van der Waals surface area contributed by atoms with Crippen LogP contribution in [0.5, 0.6) is 5.75 Å². The third-order valence-corrected chi connectivity index (χ3v) is 4.38. The second kappa shape index (κ2) is 5.65. The Morgan fingerprint density at radius 3 is 2.57 bits per heavy atom. The highest BCUT2D eigenvalue weighted by Crippen LogP contribution is 2.32. The summed E-state index contributed by atoms with van der Waals surface area (Å²) in [5.41, 5.74) is 0.757. The molecule has 8 heteroatoms. The van der Waals surface area contributed by atoms with Crippen molar-refractivity contribution in [2.45, 2.75) is 26.2 Å². The maximum Gasteiger partial charge on any atom is 0.330 e. The average Bonchev–Trinajstić information content (AvgIpc) is 2.69. The summed E-state index contributed by atoms with van der Waals surface area (Å²) in [7, 11) is -3.93. The number of nitrogens with one attached hydrogen (secondary N) is 1. The normalized spacial score (nSPS) is 16.4. The topological polar surface area (TPSA) is 107 Å². The van der Waals surface area contributed by atoms with Crippen LogP contribution in [0.15, 0.2) is 30.3 Å². The number of phenols is 1. The van der Waals surface area contributed by atoms with Crippen molar-refractivity contribution in [2.75, 3.05) is 4.31 Å². The minimum Gasteiger partial charge on any atom is -0.506 e. The van der Waals surface area contributed by atoms with Gasteiger partial charge in [0.05, 0.1) is 6.20 Å². The van der Waals surface area contributed by atoms with E-state index in [1.807, 2.05) is 4.72 Å². The van der Waals surface area contributed by atoms with E-state index in [-0.39, 0.29) is 17.2 Å². The summed E-state index contributed by atoms with van der Waals surface area (Å²) < 4.78 is 26.1. The lowest BCUT2D eigenvalue weighted by molar-refractivity contribution is -0.118. The summed E-state index contributed by atoms with van der Waals surface area (Å²) in [5.74, 6) is -0.641. The Morgan fingerprint density at radius 1 is 1.33 bits per heavy atom. The number of aliphatic hydroxyl groups excluding tert-OH is 1. The van der Waals surface area contributed by atoms with Gasteiger partial charge in [0.25, 0.3) is 0 Å². The number of hydrogen-bond donors (Lipinski definition) is 3. The third-order valence-electron chi connectivity index (χ3n) is 3.10. The highest BCUT2D eigenvalue weighted by molar-refractivity contribution is 7.91. The van der Waals surface area contributed by atoms with Crippen LogP contribution < -0.4 is 9.03 Å². The molecule has 3 N–H and O–H groups in total. The molecular formula is C13H16N2O5S. The fourth-order valence-electron chi connectivity index (χ4n) is 1.96. The second-order valence-electron chi connectivity index (χ2n) is 4.63. The lowest BCUT2D eigenvalue weighted by Crippen LogP contribution is -2.29. The quantitative estimate of drug-likeness (QED) is 0.760. The van der Waals surface area contributed by atoms with Crippen molar-refractivity contribution in [3.05, 3.63) is 35.8 Å². The van der Waals surface area contributed by atoms with Crippen LogP contribution in [-0.2, 0) is 21.4 Å².